The Morgan fingerprint density at radius 1 is 1.00 bits per heavy atom. The average Bonchev–Trinajstić information content (AvgIpc) is 2.87. The number of ether oxygens (including phenoxy) is 4. The number of hydrogen-bond donors (Lipinski definition) is 1. The molecule has 1 aliphatic rings. The van der Waals surface area contributed by atoms with Crippen molar-refractivity contribution in [3.63, 3.8) is 0 Å². The summed E-state index contributed by atoms with van der Waals surface area (Å²) in [6.07, 6.45) is -0.130. The molecular weight excluding hydrogens is 540 g/mol. The van der Waals surface area contributed by atoms with Gasteiger partial charge in [-0.15, -0.1) is 0 Å². The predicted octanol–water partition coefficient (Wildman–Crippen LogP) is 5.73. The molecule has 0 spiro atoms. The molecule has 2 aromatic rings. The summed E-state index contributed by atoms with van der Waals surface area (Å²) in [6, 6.07) is 5.95. The zero-order valence-electron chi connectivity index (χ0n) is 26.2. The topological polar surface area (TPSA) is 120 Å². The molecule has 1 aliphatic heterocycles. The highest BCUT2D eigenvalue weighted by Crippen LogP contribution is 2.37. The Hall–Kier alpha value is -4.08. The summed E-state index contributed by atoms with van der Waals surface area (Å²) >= 11 is 0. The van der Waals surface area contributed by atoms with Gasteiger partial charge < -0.3 is 24.3 Å². The van der Waals surface area contributed by atoms with E-state index in [1.54, 1.807) is 66.7 Å². The Labute approximate surface area is 247 Å². The Morgan fingerprint density at radius 2 is 1.67 bits per heavy atom. The number of benzene rings is 2. The minimum atomic E-state index is -1.28. The lowest BCUT2D eigenvalue weighted by molar-refractivity contribution is -0.158. The minimum Gasteiger partial charge on any atom is -0.476 e. The Bertz CT molecular complexity index is 1390. The number of hydrogen-bond acceptors (Lipinski definition) is 8. The minimum absolute atomic E-state index is 0.211. The fraction of sp³-hybridized carbons (Fsp3) is 0.500. The summed E-state index contributed by atoms with van der Waals surface area (Å²) in [6.45, 7) is 17.5. The molecule has 1 heterocycles. The number of carbonyl (C=O) groups excluding carboxylic acids is 4. The van der Waals surface area contributed by atoms with E-state index in [2.05, 4.69) is 5.32 Å². The third-order valence-electron chi connectivity index (χ3n) is 6.89. The number of nitrogens with zero attached hydrogens (tertiary/aromatic N) is 1. The van der Waals surface area contributed by atoms with Gasteiger partial charge in [0.15, 0.2) is 5.60 Å². The molecule has 0 aliphatic carbocycles. The highest BCUT2D eigenvalue weighted by atomic mass is 16.6. The molecular formula is C32H42N2O8. The highest BCUT2D eigenvalue weighted by molar-refractivity contribution is 5.99. The van der Waals surface area contributed by atoms with E-state index in [4.69, 9.17) is 18.9 Å². The molecule has 2 aromatic carbocycles. The molecule has 1 N–H and O–H groups in total. The van der Waals surface area contributed by atoms with E-state index in [0.717, 1.165) is 11.1 Å². The lowest BCUT2D eigenvalue weighted by atomic mass is 9.91. The Morgan fingerprint density at radius 3 is 2.26 bits per heavy atom. The smallest absolute Gasteiger partial charge is 0.411 e. The van der Waals surface area contributed by atoms with Crippen LogP contribution in [0.5, 0.6) is 11.5 Å². The van der Waals surface area contributed by atoms with Crippen LogP contribution < -0.4 is 14.8 Å². The van der Waals surface area contributed by atoms with E-state index in [0.29, 0.717) is 40.3 Å². The van der Waals surface area contributed by atoms with E-state index < -0.39 is 41.2 Å². The van der Waals surface area contributed by atoms with Crippen LogP contribution in [0.3, 0.4) is 0 Å². The fourth-order valence-corrected chi connectivity index (χ4v) is 4.79. The molecule has 0 fully saturated rings. The lowest BCUT2D eigenvalue weighted by Crippen LogP contribution is -2.47. The van der Waals surface area contributed by atoms with Crippen molar-refractivity contribution in [3.8, 4) is 11.5 Å². The molecule has 0 saturated heterocycles. The van der Waals surface area contributed by atoms with E-state index >= 15 is 0 Å². The molecule has 2 amide bonds. The molecule has 1 atom stereocenters. The maximum Gasteiger partial charge on any atom is 0.411 e. The van der Waals surface area contributed by atoms with Crippen molar-refractivity contribution in [3.05, 3.63) is 52.1 Å². The van der Waals surface area contributed by atoms with Crippen molar-refractivity contribution >= 4 is 29.6 Å². The SMILES string of the molecule is CCOC(=O)C(C)(C)Oc1ccc2c(c1)C(C(=O)Nc1cc(C)c(OC(C)=O)c(C)c1C)N(C(=O)OC(C)(C)C)CC2. The van der Waals surface area contributed by atoms with Gasteiger partial charge in [0.2, 0.25) is 0 Å². The maximum absolute atomic E-state index is 14.1. The highest BCUT2D eigenvalue weighted by Gasteiger charge is 2.39. The van der Waals surface area contributed by atoms with Crippen molar-refractivity contribution < 1.29 is 38.1 Å². The Balaban J connectivity index is 2.06. The summed E-state index contributed by atoms with van der Waals surface area (Å²) in [5.41, 5.74) is 2.01. The number of rotatable bonds is 7. The second-order valence-electron chi connectivity index (χ2n) is 11.9. The van der Waals surface area contributed by atoms with Gasteiger partial charge in [0.1, 0.15) is 23.1 Å². The molecule has 42 heavy (non-hydrogen) atoms. The number of anilines is 1. The van der Waals surface area contributed by atoms with Crippen LogP contribution in [0.2, 0.25) is 0 Å². The molecule has 0 bridgehead atoms. The fourth-order valence-electron chi connectivity index (χ4n) is 4.79. The first-order valence-electron chi connectivity index (χ1n) is 14.0. The first-order valence-corrected chi connectivity index (χ1v) is 14.0. The number of fused-ring (bicyclic) bond motifs is 1. The van der Waals surface area contributed by atoms with Crippen molar-refractivity contribution in [2.75, 3.05) is 18.5 Å². The van der Waals surface area contributed by atoms with Gasteiger partial charge in [-0.25, -0.2) is 9.59 Å². The molecule has 228 valence electrons. The maximum atomic E-state index is 14.1. The van der Waals surface area contributed by atoms with Gasteiger partial charge in [-0.2, -0.15) is 0 Å². The van der Waals surface area contributed by atoms with Crippen molar-refractivity contribution in [2.24, 2.45) is 0 Å². The normalized spacial score (nSPS) is 14.9. The van der Waals surface area contributed by atoms with Gasteiger partial charge in [0.25, 0.3) is 5.91 Å². The third kappa shape index (κ3) is 7.40. The second kappa shape index (κ2) is 12.4. The quantitative estimate of drug-likeness (QED) is 0.325. The summed E-state index contributed by atoms with van der Waals surface area (Å²) in [7, 11) is 0. The van der Waals surface area contributed by atoms with E-state index in [9.17, 15) is 19.2 Å². The zero-order valence-corrected chi connectivity index (χ0v) is 26.2. The third-order valence-corrected chi connectivity index (χ3v) is 6.89. The van der Waals surface area contributed by atoms with Crippen LogP contribution in [0.1, 0.15) is 82.3 Å². The molecule has 0 radical (unpaired) electrons. The van der Waals surface area contributed by atoms with E-state index in [1.165, 1.54) is 11.8 Å². The van der Waals surface area contributed by atoms with Crippen LogP contribution in [0.25, 0.3) is 0 Å². The predicted molar refractivity (Wildman–Crippen MR) is 158 cm³/mol. The molecule has 10 nitrogen and oxygen atoms in total. The van der Waals surface area contributed by atoms with Crippen LogP contribution in [-0.2, 0) is 30.3 Å². The van der Waals surface area contributed by atoms with E-state index in [1.807, 2.05) is 19.9 Å². The van der Waals surface area contributed by atoms with E-state index in [-0.39, 0.29) is 13.2 Å². The van der Waals surface area contributed by atoms with Crippen LogP contribution in [0, 0.1) is 20.8 Å². The number of carbonyl (C=O) groups is 4. The Kier molecular flexibility index (Phi) is 9.59. The van der Waals surface area contributed by atoms with Gasteiger partial charge >= 0.3 is 18.0 Å². The van der Waals surface area contributed by atoms with Crippen molar-refractivity contribution in [2.45, 2.75) is 92.9 Å². The van der Waals surface area contributed by atoms with Gasteiger partial charge in [0.05, 0.1) is 6.61 Å². The number of aryl methyl sites for hydroxylation is 1. The summed E-state index contributed by atoms with van der Waals surface area (Å²) in [4.78, 5) is 52.9. The lowest BCUT2D eigenvalue weighted by Gasteiger charge is -2.37. The molecule has 3 rings (SSSR count). The monoisotopic (exact) mass is 582 g/mol. The van der Waals surface area contributed by atoms with Gasteiger partial charge in [-0.05, 0) is 115 Å². The second-order valence-corrected chi connectivity index (χ2v) is 11.9. The van der Waals surface area contributed by atoms with Crippen LogP contribution >= 0.6 is 0 Å². The van der Waals surface area contributed by atoms with Gasteiger partial charge in [-0.1, -0.05) is 6.07 Å². The van der Waals surface area contributed by atoms with Gasteiger partial charge in [0, 0.05) is 19.2 Å². The van der Waals surface area contributed by atoms with Crippen LogP contribution in [-0.4, -0.2) is 53.2 Å². The zero-order chi connectivity index (χ0) is 31.6. The van der Waals surface area contributed by atoms with Crippen molar-refractivity contribution in [1.29, 1.82) is 0 Å². The van der Waals surface area contributed by atoms with Crippen molar-refractivity contribution in [1.82, 2.24) is 4.90 Å². The largest absolute Gasteiger partial charge is 0.476 e. The summed E-state index contributed by atoms with van der Waals surface area (Å²) < 4.78 is 22.2. The molecule has 0 aromatic heterocycles. The molecule has 1 unspecified atom stereocenters. The van der Waals surface area contributed by atoms with Gasteiger partial charge in [-0.3, -0.25) is 14.5 Å². The van der Waals surface area contributed by atoms with Crippen LogP contribution in [0.4, 0.5) is 10.5 Å². The number of esters is 2. The first-order chi connectivity index (χ1) is 19.4. The summed E-state index contributed by atoms with van der Waals surface area (Å²) in [5, 5.41) is 2.99. The number of nitrogens with one attached hydrogen (secondary N) is 1. The molecule has 10 heteroatoms. The number of amides is 2. The standard InChI is InChI=1S/C32H42N2O8/c1-11-39-29(37)32(9,10)41-23-13-12-22-14-15-34(30(38)42-31(6,7)8)26(24(22)17-23)28(36)33-25-16-18(2)27(40-21(5)35)20(4)19(25)3/h12-13,16-17,26H,11,14-15H2,1-10H3,(H,33,36). The van der Waals surface area contributed by atoms with Crippen LogP contribution in [0.15, 0.2) is 24.3 Å². The first kappa shape index (κ1) is 32.4. The summed E-state index contributed by atoms with van der Waals surface area (Å²) in [5.74, 6) is -0.614. The molecule has 0 saturated carbocycles. The average molecular weight is 583 g/mol.